The molecule has 9 heteroatoms. The van der Waals surface area contributed by atoms with E-state index >= 15 is 0 Å². The summed E-state index contributed by atoms with van der Waals surface area (Å²) in [5, 5.41) is 11.4. The van der Waals surface area contributed by atoms with E-state index in [1.54, 1.807) is 25.6 Å². The van der Waals surface area contributed by atoms with Crippen molar-refractivity contribution in [1.82, 2.24) is 25.4 Å². The molecule has 0 unspecified atom stereocenters. The summed E-state index contributed by atoms with van der Waals surface area (Å²) in [5.41, 5.74) is 3.70. The fourth-order valence-corrected chi connectivity index (χ4v) is 4.39. The highest BCUT2D eigenvalue weighted by Crippen LogP contribution is 2.32. The van der Waals surface area contributed by atoms with Gasteiger partial charge in [0.05, 0.1) is 32.6 Å². The molecule has 0 saturated carbocycles. The summed E-state index contributed by atoms with van der Waals surface area (Å²) in [5.74, 6) is 1.26. The smallest absolute Gasteiger partial charge is 0.242 e. The van der Waals surface area contributed by atoms with Crippen LogP contribution in [0.1, 0.15) is 17.2 Å². The van der Waals surface area contributed by atoms with E-state index in [4.69, 9.17) is 14.2 Å². The minimum absolute atomic E-state index is 0.0522. The third kappa shape index (κ3) is 4.85. The first-order valence-electron chi connectivity index (χ1n) is 11.4. The van der Waals surface area contributed by atoms with Gasteiger partial charge in [0.2, 0.25) is 11.8 Å². The average molecular weight is 462 g/mol. The molecule has 0 radical (unpaired) electrons. The maximum atomic E-state index is 13.3. The molecule has 1 N–H and O–H groups in total. The monoisotopic (exact) mass is 461 g/mol. The number of amides is 1. The topological polar surface area (TPSA) is 98.7 Å². The molecule has 9 nitrogen and oxygen atoms in total. The Hall–Kier alpha value is -3.56. The number of hydrogen-bond donors (Lipinski definition) is 1. The second-order valence-corrected chi connectivity index (χ2v) is 8.31. The first-order chi connectivity index (χ1) is 16.7. The molecule has 0 spiro atoms. The fraction of sp³-hybridized carbons (Fsp3) is 0.360. The number of ether oxygens (including phenoxy) is 3. The van der Waals surface area contributed by atoms with Crippen LogP contribution < -0.4 is 14.8 Å². The van der Waals surface area contributed by atoms with Gasteiger partial charge in [-0.25, -0.2) is 0 Å². The van der Waals surface area contributed by atoms with Gasteiger partial charge in [0.15, 0.2) is 0 Å². The summed E-state index contributed by atoms with van der Waals surface area (Å²) in [7, 11) is 1.56. The van der Waals surface area contributed by atoms with Gasteiger partial charge in [-0.1, -0.05) is 6.07 Å². The van der Waals surface area contributed by atoms with Crippen molar-refractivity contribution >= 4 is 5.91 Å². The average Bonchev–Trinajstić information content (AvgIpc) is 3.31. The molecule has 0 bridgehead atoms. The maximum absolute atomic E-state index is 13.3. The number of nitrogens with one attached hydrogen (secondary N) is 1. The molecule has 2 aromatic heterocycles. The van der Waals surface area contributed by atoms with Crippen molar-refractivity contribution in [2.24, 2.45) is 0 Å². The zero-order chi connectivity index (χ0) is 23.3. The van der Waals surface area contributed by atoms with Gasteiger partial charge in [-0.15, -0.1) is 10.2 Å². The Kier molecular flexibility index (Phi) is 6.64. The summed E-state index contributed by atoms with van der Waals surface area (Å²) >= 11 is 0. The number of fused-ring (bicyclic) bond motifs is 1. The number of nitrogens with zero attached hydrogens (tertiary/aromatic N) is 4. The van der Waals surface area contributed by atoms with Gasteiger partial charge in [-0.05, 0) is 41.5 Å². The lowest BCUT2D eigenvalue weighted by atomic mass is 10.0. The number of hydrogen-bond acceptors (Lipinski definition) is 8. The van der Waals surface area contributed by atoms with Crippen molar-refractivity contribution in [2.75, 3.05) is 40.0 Å². The number of carbonyl (C=O) groups is 1. The molecule has 1 saturated heterocycles. The third-order valence-electron chi connectivity index (χ3n) is 6.11. The van der Waals surface area contributed by atoms with Gasteiger partial charge in [0.25, 0.3) is 0 Å². The van der Waals surface area contributed by atoms with Gasteiger partial charge in [0.1, 0.15) is 17.9 Å². The summed E-state index contributed by atoms with van der Waals surface area (Å²) in [6.07, 6.45) is 4.05. The zero-order valence-corrected chi connectivity index (χ0v) is 19.0. The highest BCUT2D eigenvalue weighted by Gasteiger charge is 2.31. The van der Waals surface area contributed by atoms with Crippen LogP contribution in [0.4, 0.5) is 0 Å². The van der Waals surface area contributed by atoms with Crippen LogP contribution in [0.25, 0.3) is 11.3 Å². The van der Waals surface area contributed by atoms with Crippen molar-refractivity contribution < 1.29 is 19.0 Å². The molecule has 2 aliphatic heterocycles. The number of rotatable bonds is 7. The van der Waals surface area contributed by atoms with Crippen molar-refractivity contribution in [1.29, 1.82) is 0 Å². The van der Waals surface area contributed by atoms with Crippen LogP contribution in [0.3, 0.4) is 0 Å². The molecule has 176 valence electrons. The van der Waals surface area contributed by atoms with E-state index in [-0.39, 0.29) is 12.0 Å². The van der Waals surface area contributed by atoms with Crippen molar-refractivity contribution in [3.05, 3.63) is 66.0 Å². The van der Waals surface area contributed by atoms with E-state index < -0.39 is 6.04 Å². The number of carbonyl (C=O) groups excluding carboxylic acids is 1. The minimum atomic E-state index is -0.401. The van der Waals surface area contributed by atoms with Crippen molar-refractivity contribution in [3.63, 3.8) is 0 Å². The Morgan fingerprint density at radius 3 is 2.82 bits per heavy atom. The predicted molar refractivity (Wildman–Crippen MR) is 125 cm³/mol. The fourth-order valence-electron chi connectivity index (χ4n) is 4.39. The Balaban J connectivity index is 1.23. The molecule has 3 aromatic rings. The Labute approximate surface area is 198 Å². The lowest BCUT2D eigenvalue weighted by molar-refractivity contribution is -0.128. The lowest BCUT2D eigenvalue weighted by Crippen LogP contribution is -2.47. The Morgan fingerprint density at radius 2 is 2.09 bits per heavy atom. The number of aromatic nitrogens is 3. The normalized spacial score (nSPS) is 18.6. The molecule has 0 aliphatic carbocycles. The van der Waals surface area contributed by atoms with Crippen LogP contribution in [0.2, 0.25) is 0 Å². The van der Waals surface area contributed by atoms with E-state index in [2.05, 4.69) is 31.5 Å². The summed E-state index contributed by atoms with van der Waals surface area (Å²) in [4.78, 5) is 19.6. The first-order valence-corrected chi connectivity index (χ1v) is 11.4. The Bertz CT molecular complexity index is 1120. The second-order valence-electron chi connectivity index (χ2n) is 8.31. The predicted octanol–water partition coefficient (Wildman–Crippen LogP) is 2.04. The van der Waals surface area contributed by atoms with E-state index in [1.165, 1.54) is 0 Å². The molecular weight excluding hydrogens is 434 g/mol. The SMILES string of the molecule is COc1ccc(-c2ccc3c(c2)C[C@@H](CNC(=O)[C@H](c2cccnc2)N2CCOCC2)O3)nn1. The molecule has 2 aliphatic rings. The standard InChI is InChI=1S/C25H27N5O4/c1-32-23-7-5-21(28-29-23)17-4-6-22-19(13-17)14-20(34-22)16-27-25(31)24(18-3-2-8-26-15-18)30-9-11-33-12-10-30/h2-8,13,15,20,24H,9-12,14,16H2,1H3,(H,27,31)/t20-,24-/m0/s1. The van der Waals surface area contributed by atoms with E-state index in [9.17, 15) is 4.79 Å². The molecule has 2 atom stereocenters. The molecule has 1 amide bonds. The highest BCUT2D eigenvalue weighted by molar-refractivity contribution is 5.83. The van der Waals surface area contributed by atoms with Crippen LogP contribution in [-0.2, 0) is 16.0 Å². The lowest BCUT2D eigenvalue weighted by Gasteiger charge is -2.33. The van der Waals surface area contributed by atoms with Gasteiger partial charge < -0.3 is 19.5 Å². The van der Waals surface area contributed by atoms with E-state index in [0.717, 1.165) is 28.1 Å². The molecule has 1 aromatic carbocycles. The van der Waals surface area contributed by atoms with E-state index in [0.29, 0.717) is 45.1 Å². The molecule has 4 heterocycles. The van der Waals surface area contributed by atoms with Gasteiger partial charge in [-0.3, -0.25) is 14.7 Å². The zero-order valence-electron chi connectivity index (χ0n) is 19.0. The van der Waals surface area contributed by atoms with Gasteiger partial charge >= 0.3 is 0 Å². The van der Waals surface area contributed by atoms with Crippen molar-refractivity contribution in [3.8, 4) is 22.9 Å². The molecular formula is C25H27N5O4. The third-order valence-corrected chi connectivity index (χ3v) is 6.11. The minimum Gasteiger partial charge on any atom is -0.488 e. The van der Waals surface area contributed by atoms with Crippen LogP contribution in [0, 0.1) is 0 Å². The molecule has 1 fully saturated rings. The maximum Gasteiger partial charge on any atom is 0.242 e. The summed E-state index contributed by atoms with van der Waals surface area (Å²) in [6.45, 7) is 3.06. The number of methoxy groups -OCH3 is 1. The summed E-state index contributed by atoms with van der Waals surface area (Å²) < 4.78 is 16.7. The van der Waals surface area contributed by atoms with Gasteiger partial charge in [0, 0.05) is 43.5 Å². The number of benzene rings is 1. The van der Waals surface area contributed by atoms with Crippen LogP contribution in [0.5, 0.6) is 11.6 Å². The number of morpholine rings is 1. The quantitative estimate of drug-likeness (QED) is 0.571. The summed E-state index contributed by atoms with van der Waals surface area (Å²) in [6, 6.07) is 13.1. The Morgan fingerprint density at radius 1 is 1.21 bits per heavy atom. The van der Waals surface area contributed by atoms with Gasteiger partial charge in [-0.2, -0.15) is 0 Å². The first kappa shape index (κ1) is 22.2. The second kappa shape index (κ2) is 10.1. The molecule has 34 heavy (non-hydrogen) atoms. The van der Waals surface area contributed by atoms with Crippen LogP contribution in [0.15, 0.2) is 54.9 Å². The van der Waals surface area contributed by atoms with Crippen LogP contribution >= 0.6 is 0 Å². The van der Waals surface area contributed by atoms with E-state index in [1.807, 2.05) is 30.3 Å². The number of pyridine rings is 1. The molecule has 5 rings (SSSR count). The highest BCUT2D eigenvalue weighted by atomic mass is 16.5. The largest absolute Gasteiger partial charge is 0.488 e. The van der Waals surface area contributed by atoms with Crippen molar-refractivity contribution in [2.45, 2.75) is 18.6 Å². The van der Waals surface area contributed by atoms with Crippen LogP contribution in [-0.4, -0.2) is 72.1 Å².